The number of halogens is 1. The first kappa shape index (κ1) is 12.7. The highest BCUT2D eigenvalue weighted by atomic mass is 35.5. The second kappa shape index (κ2) is 3.62. The Bertz CT molecular complexity index is 578. The summed E-state index contributed by atoms with van der Waals surface area (Å²) in [6.45, 7) is 3.66. The van der Waals surface area contributed by atoms with E-state index in [2.05, 4.69) is 0 Å². The molecule has 0 amide bonds. The molecule has 0 radical (unpaired) electrons. The molecule has 20 heavy (non-hydrogen) atoms. The molecule has 1 saturated heterocycles. The van der Waals surface area contributed by atoms with Crippen molar-refractivity contribution in [3.63, 3.8) is 0 Å². The number of rotatable bonds is 0. The highest BCUT2D eigenvalue weighted by Crippen LogP contribution is 2.58. The van der Waals surface area contributed by atoms with E-state index in [1.165, 1.54) is 12.2 Å². The molecule has 1 aliphatic heterocycles. The van der Waals surface area contributed by atoms with Crippen LogP contribution in [0.15, 0.2) is 24.3 Å². The molecule has 0 unspecified atom stereocenters. The van der Waals surface area contributed by atoms with E-state index in [9.17, 15) is 9.59 Å². The third-order valence-electron chi connectivity index (χ3n) is 4.82. The van der Waals surface area contributed by atoms with Crippen LogP contribution in [0.5, 0.6) is 0 Å². The molecule has 1 heterocycles. The second-order valence-corrected chi connectivity index (χ2v) is 7.08. The molecule has 5 rings (SSSR count). The Labute approximate surface area is 121 Å². The summed E-state index contributed by atoms with van der Waals surface area (Å²) in [4.78, 5) is 23.5. The summed E-state index contributed by atoms with van der Waals surface area (Å²) >= 11 is 6.76. The summed E-state index contributed by atoms with van der Waals surface area (Å²) in [6, 6.07) is 0. The number of hydrogen-bond donors (Lipinski definition) is 0. The lowest BCUT2D eigenvalue weighted by Gasteiger charge is -2.53. The van der Waals surface area contributed by atoms with E-state index in [4.69, 9.17) is 21.1 Å². The summed E-state index contributed by atoms with van der Waals surface area (Å²) in [5, 5.41) is 0. The molecule has 0 N–H and O–H groups in total. The predicted octanol–water partition coefficient (Wildman–Crippen LogP) is 1.62. The maximum atomic E-state index is 12.3. The molecule has 0 spiro atoms. The molecule has 1 saturated carbocycles. The van der Waals surface area contributed by atoms with E-state index < -0.39 is 28.6 Å². The molecule has 0 aromatic carbocycles. The molecular weight excluding hydrogens is 280 g/mol. The van der Waals surface area contributed by atoms with Crippen LogP contribution in [0, 0.1) is 17.8 Å². The third-order valence-corrected chi connectivity index (χ3v) is 5.39. The minimum Gasteiger partial charge on any atom is -0.344 e. The molecule has 106 valence electrons. The van der Waals surface area contributed by atoms with E-state index in [-0.39, 0.29) is 23.6 Å². The molecule has 0 aromatic rings. The van der Waals surface area contributed by atoms with Gasteiger partial charge in [-0.1, -0.05) is 12.2 Å². The van der Waals surface area contributed by atoms with Crippen LogP contribution in [0.2, 0.25) is 0 Å². The van der Waals surface area contributed by atoms with Gasteiger partial charge in [0.1, 0.15) is 11.0 Å². The first-order valence-electron chi connectivity index (χ1n) is 6.83. The van der Waals surface area contributed by atoms with Crippen molar-refractivity contribution in [3.05, 3.63) is 24.3 Å². The first-order valence-corrected chi connectivity index (χ1v) is 7.21. The summed E-state index contributed by atoms with van der Waals surface area (Å²) in [5.74, 6) is -1.99. The van der Waals surface area contributed by atoms with Gasteiger partial charge in [-0.05, 0) is 26.0 Å². The van der Waals surface area contributed by atoms with E-state index >= 15 is 0 Å². The van der Waals surface area contributed by atoms with Crippen molar-refractivity contribution in [2.24, 2.45) is 17.8 Å². The summed E-state index contributed by atoms with van der Waals surface area (Å²) in [7, 11) is 0. The molecule has 4 nitrogen and oxygen atoms in total. The highest BCUT2D eigenvalue weighted by molar-refractivity contribution is 6.29. The Morgan fingerprint density at radius 1 is 1.15 bits per heavy atom. The van der Waals surface area contributed by atoms with Gasteiger partial charge in [0, 0.05) is 11.8 Å². The van der Waals surface area contributed by atoms with Gasteiger partial charge in [-0.15, -0.1) is 11.6 Å². The largest absolute Gasteiger partial charge is 0.344 e. The Morgan fingerprint density at radius 2 is 1.85 bits per heavy atom. The van der Waals surface area contributed by atoms with Crippen molar-refractivity contribution in [2.75, 3.05) is 0 Å². The van der Waals surface area contributed by atoms with Gasteiger partial charge >= 0.3 is 0 Å². The number of ketones is 2. The standard InChI is InChI=1S/C15H15ClO4/c1-14(2)19-12-7-5-6-15(16,13(12)20-14)11-9(18)4-3-8(17)10(7)11/h3-7,10-13H,1-2H3/t7-,10-,11+,12-,13-,15-/m0/s1. The fourth-order valence-corrected chi connectivity index (χ4v) is 4.59. The van der Waals surface area contributed by atoms with Crippen LogP contribution in [0.1, 0.15) is 13.8 Å². The summed E-state index contributed by atoms with van der Waals surface area (Å²) < 4.78 is 11.9. The smallest absolute Gasteiger partial charge is 0.163 e. The molecular formula is C15H15ClO4. The van der Waals surface area contributed by atoms with Crippen molar-refractivity contribution >= 4 is 23.2 Å². The normalized spacial score (nSPS) is 51.2. The van der Waals surface area contributed by atoms with Gasteiger partial charge in [0.05, 0.1) is 12.0 Å². The quantitative estimate of drug-likeness (QED) is 0.503. The number of carbonyl (C=O) groups excluding carboxylic acids is 2. The average molecular weight is 295 g/mol. The Kier molecular flexibility index (Phi) is 2.30. The maximum Gasteiger partial charge on any atom is 0.163 e. The van der Waals surface area contributed by atoms with Crippen molar-refractivity contribution in [1.82, 2.24) is 0 Å². The topological polar surface area (TPSA) is 52.6 Å². The lowest BCUT2D eigenvalue weighted by molar-refractivity contribution is -0.149. The van der Waals surface area contributed by atoms with Crippen LogP contribution in [-0.2, 0) is 19.1 Å². The molecule has 6 atom stereocenters. The van der Waals surface area contributed by atoms with E-state index in [1.807, 2.05) is 26.0 Å². The zero-order valence-electron chi connectivity index (χ0n) is 11.2. The first-order chi connectivity index (χ1) is 9.33. The van der Waals surface area contributed by atoms with Gasteiger partial charge in [0.25, 0.3) is 0 Å². The van der Waals surface area contributed by atoms with E-state index in [0.717, 1.165) is 0 Å². The fourth-order valence-electron chi connectivity index (χ4n) is 4.11. The third kappa shape index (κ3) is 1.39. The minimum atomic E-state index is -0.991. The summed E-state index contributed by atoms with van der Waals surface area (Å²) in [6.07, 6.45) is 5.81. The van der Waals surface area contributed by atoms with Gasteiger partial charge in [0.2, 0.25) is 0 Å². The number of carbonyl (C=O) groups is 2. The Balaban J connectivity index is 1.87. The molecule has 4 aliphatic carbocycles. The Hall–Kier alpha value is -0.970. The molecule has 5 heteroatoms. The van der Waals surface area contributed by atoms with Crippen molar-refractivity contribution < 1.29 is 19.1 Å². The van der Waals surface area contributed by atoms with E-state index in [1.54, 1.807) is 0 Å². The highest BCUT2D eigenvalue weighted by Gasteiger charge is 2.68. The maximum absolute atomic E-state index is 12.3. The average Bonchev–Trinajstić information content (AvgIpc) is 2.71. The van der Waals surface area contributed by atoms with Crippen molar-refractivity contribution in [2.45, 2.75) is 36.7 Å². The van der Waals surface area contributed by atoms with Crippen LogP contribution >= 0.6 is 11.6 Å². The SMILES string of the molecule is CC1(C)O[C@H]2[C@H]3C=C[C@](Cl)([C@@H]4C(=O)C=CC(=O)[C@H]34)[C@H]2O1. The van der Waals surface area contributed by atoms with Gasteiger partial charge in [-0.25, -0.2) is 0 Å². The molecule has 5 aliphatic rings. The van der Waals surface area contributed by atoms with Gasteiger partial charge in [-0.2, -0.15) is 0 Å². The monoisotopic (exact) mass is 294 g/mol. The van der Waals surface area contributed by atoms with Gasteiger partial charge in [-0.3, -0.25) is 9.59 Å². The second-order valence-electron chi connectivity index (χ2n) is 6.43. The summed E-state index contributed by atoms with van der Waals surface area (Å²) in [5.41, 5.74) is 0. The lowest BCUT2D eigenvalue weighted by atomic mass is 9.55. The number of ether oxygens (including phenoxy) is 2. The Morgan fingerprint density at radius 3 is 2.60 bits per heavy atom. The zero-order valence-corrected chi connectivity index (χ0v) is 12.0. The number of alkyl halides is 1. The number of hydrogen-bond acceptors (Lipinski definition) is 4. The van der Waals surface area contributed by atoms with Crippen LogP contribution in [0.4, 0.5) is 0 Å². The van der Waals surface area contributed by atoms with Gasteiger partial charge < -0.3 is 9.47 Å². The molecule has 0 aromatic heterocycles. The van der Waals surface area contributed by atoms with Crippen molar-refractivity contribution in [1.29, 1.82) is 0 Å². The zero-order chi connectivity index (χ0) is 14.3. The molecule has 2 fully saturated rings. The van der Waals surface area contributed by atoms with Gasteiger partial charge in [0.15, 0.2) is 17.4 Å². The molecule has 2 bridgehead atoms. The van der Waals surface area contributed by atoms with Crippen LogP contribution in [-0.4, -0.2) is 34.4 Å². The van der Waals surface area contributed by atoms with E-state index in [0.29, 0.717) is 0 Å². The van der Waals surface area contributed by atoms with Crippen LogP contribution in [0.3, 0.4) is 0 Å². The lowest BCUT2D eigenvalue weighted by Crippen LogP contribution is -2.65. The minimum absolute atomic E-state index is 0.0410. The van der Waals surface area contributed by atoms with Crippen LogP contribution < -0.4 is 0 Å². The predicted molar refractivity (Wildman–Crippen MR) is 71.2 cm³/mol. The fraction of sp³-hybridized carbons (Fsp3) is 0.600. The van der Waals surface area contributed by atoms with Crippen LogP contribution in [0.25, 0.3) is 0 Å². The van der Waals surface area contributed by atoms with Crippen molar-refractivity contribution in [3.8, 4) is 0 Å². The number of allylic oxidation sites excluding steroid dienone is 2.